The van der Waals surface area contributed by atoms with Gasteiger partial charge in [-0.3, -0.25) is 4.79 Å². The number of halogens is 2. The van der Waals surface area contributed by atoms with Gasteiger partial charge < -0.3 is 10.4 Å². The molecule has 0 aliphatic rings. The molecule has 0 fully saturated rings. The maximum Gasteiger partial charge on any atom is 0.251 e. The van der Waals surface area contributed by atoms with Crippen LogP contribution in [0.4, 0.5) is 4.39 Å². The van der Waals surface area contributed by atoms with E-state index in [1.807, 2.05) is 6.92 Å². The van der Waals surface area contributed by atoms with Gasteiger partial charge >= 0.3 is 0 Å². The lowest BCUT2D eigenvalue weighted by Crippen LogP contribution is -2.32. The first-order valence-corrected chi connectivity index (χ1v) is 6.25. The van der Waals surface area contributed by atoms with Crippen LogP contribution in [0, 0.1) is 5.82 Å². The molecule has 5 heteroatoms. The highest BCUT2D eigenvalue weighted by atomic mass is 79.9. The van der Waals surface area contributed by atoms with Crippen LogP contribution in [0.2, 0.25) is 0 Å². The normalized spacial score (nSPS) is 12.2. The van der Waals surface area contributed by atoms with Crippen molar-refractivity contribution in [2.45, 2.75) is 25.9 Å². The molecule has 3 nitrogen and oxygen atoms in total. The van der Waals surface area contributed by atoms with E-state index >= 15 is 0 Å². The van der Waals surface area contributed by atoms with Gasteiger partial charge in [-0.1, -0.05) is 13.3 Å². The van der Waals surface area contributed by atoms with Gasteiger partial charge in [0.1, 0.15) is 5.82 Å². The average molecular weight is 304 g/mol. The zero-order valence-electron chi connectivity index (χ0n) is 9.54. The smallest absolute Gasteiger partial charge is 0.251 e. The van der Waals surface area contributed by atoms with Gasteiger partial charge in [0.25, 0.3) is 5.91 Å². The third-order valence-corrected chi connectivity index (χ3v) is 2.91. The quantitative estimate of drug-likeness (QED) is 0.878. The van der Waals surface area contributed by atoms with E-state index in [0.29, 0.717) is 12.0 Å². The Hall–Kier alpha value is -0.940. The highest BCUT2D eigenvalue weighted by Gasteiger charge is 2.10. The van der Waals surface area contributed by atoms with Crippen LogP contribution in [0.3, 0.4) is 0 Å². The third-order valence-electron chi connectivity index (χ3n) is 2.30. The summed E-state index contributed by atoms with van der Waals surface area (Å²) in [6.07, 6.45) is 0.972. The molecule has 17 heavy (non-hydrogen) atoms. The van der Waals surface area contributed by atoms with Crippen LogP contribution >= 0.6 is 15.9 Å². The van der Waals surface area contributed by atoms with Gasteiger partial charge in [-0.2, -0.15) is 0 Å². The van der Waals surface area contributed by atoms with Gasteiger partial charge in [-0.25, -0.2) is 4.39 Å². The van der Waals surface area contributed by atoms with Crippen molar-refractivity contribution in [1.82, 2.24) is 5.32 Å². The lowest BCUT2D eigenvalue weighted by atomic mass is 10.2. The second-order valence-electron chi connectivity index (χ2n) is 3.78. The van der Waals surface area contributed by atoms with E-state index in [1.165, 1.54) is 18.2 Å². The van der Waals surface area contributed by atoms with Crippen molar-refractivity contribution in [3.05, 3.63) is 34.1 Å². The summed E-state index contributed by atoms with van der Waals surface area (Å²) in [4.78, 5) is 11.7. The molecule has 0 aliphatic carbocycles. The molecule has 0 bridgehead atoms. The molecule has 0 aliphatic heterocycles. The Labute approximate surface area is 108 Å². The van der Waals surface area contributed by atoms with Gasteiger partial charge in [0.15, 0.2) is 0 Å². The number of benzene rings is 1. The van der Waals surface area contributed by atoms with E-state index in [9.17, 15) is 14.3 Å². The molecule has 94 valence electrons. The monoisotopic (exact) mass is 303 g/mol. The minimum absolute atomic E-state index is 0.210. The number of aliphatic hydroxyl groups excluding tert-OH is 1. The molecule has 0 aromatic heterocycles. The van der Waals surface area contributed by atoms with E-state index in [1.54, 1.807) is 0 Å². The number of hydrogen-bond donors (Lipinski definition) is 2. The summed E-state index contributed by atoms with van der Waals surface area (Å²) < 4.78 is 13.2. The molecule has 1 amide bonds. The van der Waals surface area contributed by atoms with E-state index in [2.05, 4.69) is 21.2 Å². The Balaban J connectivity index is 2.55. The van der Waals surface area contributed by atoms with E-state index in [0.717, 1.165) is 6.42 Å². The van der Waals surface area contributed by atoms with Crippen LogP contribution in [0.5, 0.6) is 0 Å². The van der Waals surface area contributed by atoms with Crippen LogP contribution in [-0.2, 0) is 0 Å². The fourth-order valence-electron chi connectivity index (χ4n) is 1.39. The molecule has 0 heterocycles. The fourth-order valence-corrected chi connectivity index (χ4v) is 1.76. The highest BCUT2D eigenvalue weighted by molar-refractivity contribution is 9.10. The number of carbonyl (C=O) groups is 1. The molecular formula is C12H15BrFNO2. The van der Waals surface area contributed by atoms with Crippen LogP contribution < -0.4 is 5.32 Å². The summed E-state index contributed by atoms with van der Waals surface area (Å²) in [5.74, 6) is -0.728. The molecule has 1 unspecified atom stereocenters. The van der Waals surface area contributed by atoms with Gasteiger partial charge in [-0.15, -0.1) is 0 Å². The minimum atomic E-state index is -0.534. The van der Waals surface area contributed by atoms with Gasteiger partial charge in [0, 0.05) is 12.1 Å². The van der Waals surface area contributed by atoms with Crippen molar-refractivity contribution < 1.29 is 14.3 Å². The lowest BCUT2D eigenvalue weighted by Gasteiger charge is -2.10. The summed E-state index contributed by atoms with van der Waals surface area (Å²) in [5.41, 5.74) is 0.363. The van der Waals surface area contributed by atoms with Crippen LogP contribution in [0.1, 0.15) is 30.1 Å². The highest BCUT2D eigenvalue weighted by Crippen LogP contribution is 2.16. The molecule has 0 spiro atoms. The van der Waals surface area contributed by atoms with E-state index in [-0.39, 0.29) is 16.9 Å². The second-order valence-corrected chi connectivity index (χ2v) is 4.64. The first kappa shape index (κ1) is 14.1. The number of amides is 1. The Kier molecular flexibility index (Phi) is 5.58. The van der Waals surface area contributed by atoms with Crippen molar-refractivity contribution in [2.75, 3.05) is 6.54 Å². The van der Waals surface area contributed by atoms with Crippen molar-refractivity contribution in [1.29, 1.82) is 0 Å². The Morgan fingerprint density at radius 2 is 2.29 bits per heavy atom. The zero-order chi connectivity index (χ0) is 12.8. The van der Waals surface area contributed by atoms with Gasteiger partial charge in [-0.05, 0) is 40.5 Å². The Morgan fingerprint density at radius 1 is 1.59 bits per heavy atom. The van der Waals surface area contributed by atoms with Gasteiger partial charge in [0.05, 0.1) is 10.6 Å². The SMILES string of the molecule is CCCC(O)CNC(=O)c1ccc(F)c(Br)c1. The minimum Gasteiger partial charge on any atom is -0.391 e. The van der Waals surface area contributed by atoms with E-state index < -0.39 is 11.9 Å². The maximum absolute atomic E-state index is 13.0. The standard InChI is InChI=1S/C12H15BrFNO2/c1-2-3-9(16)7-15-12(17)8-4-5-11(14)10(13)6-8/h4-6,9,16H,2-3,7H2,1H3,(H,15,17). The summed E-state index contributed by atoms with van der Waals surface area (Å²) >= 11 is 3.01. The van der Waals surface area contributed by atoms with Crippen LogP contribution in [-0.4, -0.2) is 23.7 Å². The molecule has 2 N–H and O–H groups in total. The first-order valence-electron chi connectivity index (χ1n) is 5.46. The van der Waals surface area contributed by atoms with Crippen molar-refractivity contribution in [3.63, 3.8) is 0 Å². The topological polar surface area (TPSA) is 49.3 Å². The van der Waals surface area contributed by atoms with Crippen LogP contribution in [0.25, 0.3) is 0 Å². The zero-order valence-corrected chi connectivity index (χ0v) is 11.1. The number of aliphatic hydroxyl groups is 1. The lowest BCUT2D eigenvalue weighted by molar-refractivity contribution is 0.0910. The van der Waals surface area contributed by atoms with Crippen LogP contribution in [0.15, 0.2) is 22.7 Å². The molecule has 1 rings (SSSR count). The van der Waals surface area contributed by atoms with Crippen molar-refractivity contribution >= 4 is 21.8 Å². The fraction of sp³-hybridized carbons (Fsp3) is 0.417. The summed E-state index contributed by atoms with van der Waals surface area (Å²) in [7, 11) is 0. The Morgan fingerprint density at radius 3 is 2.88 bits per heavy atom. The van der Waals surface area contributed by atoms with E-state index in [4.69, 9.17) is 0 Å². The number of carbonyl (C=O) groups excluding carboxylic acids is 1. The first-order chi connectivity index (χ1) is 8.04. The molecule has 0 radical (unpaired) electrons. The maximum atomic E-state index is 13.0. The number of hydrogen-bond acceptors (Lipinski definition) is 2. The summed E-state index contributed by atoms with van der Waals surface area (Å²) in [6.45, 7) is 2.17. The second kappa shape index (κ2) is 6.71. The summed E-state index contributed by atoms with van der Waals surface area (Å²) in [6, 6.07) is 4.04. The summed E-state index contributed by atoms with van der Waals surface area (Å²) in [5, 5.41) is 12.1. The molecule has 0 saturated heterocycles. The molecule has 0 saturated carbocycles. The molecular weight excluding hydrogens is 289 g/mol. The average Bonchev–Trinajstić information content (AvgIpc) is 2.30. The number of rotatable bonds is 5. The van der Waals surface area contributed by atoms with Crippen molar-refractivity contribution in [3.8, 4) is 0 Å². The third kappa shape index (κ3) is 4.44. The predicted octanol–water partition coefficient (Wildman–Crippen LogP) is 2.48. The number of nitrogens with one attached hydrogen (secondary N) is 1. The van der Waals surface area contributed by atoms with Crippen molar-refractivity contribution in [2.24, 2.45) is 0 Å². The molecule has 1 atom stereocenters. The Bertz CT molecular complexity index is 398. The molecule has 1 aromatic rings. The molecule has 1 aromatic carbocycles. The predicted molar refractivity (Wildman–Crippen MR) is 67.3 cm³/mol. The van der Waals surface area contributed by atoms with Gasteiger partial charge in [0.2, 0.25) is 0 Å². The largest absolute Gasteiger partial charge is 0.391 e.